The summed E-state index contributed by atoms with van der Waals surface area (Å²) in [5.74, 6) is -0.0835. The maximum atomic E-state index is 13.3. The molecule has 0 unspecified atom stereocenters. The van der Waals surface area contributed by atoms with Gasteiger partial charge in [0.1, 0.15) is 0 Å². The van der Waals surface area contributed by atoms with Crippen molar-refractivity contribution >= 4 is 11.6 Å². The van der Waals surface area contributed by atoms with Crippen LogP contribution in [-0.2, 0) is 9.59 Å². The first kappa shape index (κ1) is 19.9. The normalized spacial score (nSPS) is 18.8. The summed E-state index contributed by atoms with van der Waals surface area (Å²) >= 11 is 0. The molecule has 1 aromatic heterocycles. The first-order valence-electron chi connectivity index (χ1n) is 11.7. The molecular weight excluding hydrogens is 410 g/mol. The van der Waals surface area contributed by atoms with Crippen molar-refractivity contribution in [2.45, 2.75) is 44.4 Å². The van der Waals surface area contributed by atoms with Gasteiger partial charge in [0.25, 0.3) is 0 Å². The quantitative estimate of drug-likeness (QED) is 0.611. The molecule has 0 bridgehead atoms. The van der Waals surface area contributed by atoms with Crippen LogP contribution in [-0.4, -0.2) is 21.3 Å². The topological polar surface area (TPSA) is 64.0 Å². The molecule has 0 atom stereocenters. The van der Waals surface area contributed by atoms with Gasteiger partial charge in [-0.2, -0.15) is 5.10 Å². The summed E-state index contributed by atoms with van der Waals surface area (Å²) in [4.78, 5) is 26.5. The van der Waals surface area contributed by atoms with Crippen molar-refractivity contribution in [1.82, 2.24) is 15.1 Å². The zero-order valence-electron chi connectivity index (χ0n) is 18.4. The third kappa shape index (κ3) is 3.35. The SMILES string of the molecule is O=C1CCCC2=C1C(c1cn(-c3ccccc3)nc1-c1ccccc1)C1=C(CCCC1=O)N2. The van der Waals surface area contributed by atoms with Crippen molar-refractivity contribution < 1.29 is 9.59 Å². The molecule has 0 fully saturated rings. The summed E-state index contributed by atoms with van der Waals surface area (Å²) in [5.41, 5.74) is 7.20. The fraction of sp³-hybridized carbons (Fsp3) is 0.250. The molecule has 0 saturated heterocycles. The van der Waals surface area contributed by atoms with Gasteiger partial charge < -0.3 is 5.32 Å². The molecule has 2 aliphatic carbocycles. The molecule has 2 heterocycles. The predicted octanol–water partition coefficient (Wildman–Crippen LogP) is 5.24. The van der Waals surface area contributed by atoms with Crippen LogP contribution in [0.5, 0.6) is 0 Å². The summed E-state index contributed by atoms with van der Waals surface area (Å²) in [6, 6.07) is 20.0. The Labute approximate surface area is 192 Å². The van der Waals surface area contributed by atoms with Crippen LogP contribution in [0, 0.1) is 0 Å². The fourth-order valence-electron chi connectivity index (χ4n) is 5.43. The lowest BCUT2D eigenvalue weighted by atomic mass is 9.71. The Morgan fingerprint density at radius 1 is 0.758 bits per heavy atom. The highest BCUT2D eigenvalue weighted by atomic mass is 16.1. The maximum absolute atomic E-state index is 13.3. The van der Waals surface area contributed by atoms with Gasteiger partial charge in [-0.25, -0.2) is 4.68 Å². The van der Waals surface area contributed by atoms with Gasteiger partial charge in [0.2, 0.25) is 0 Å². The average molecular weight is 436 g/mol. The van der Waals surface area contributed by atoms with Crippen LogP contribution < -0.4 is 5.32 Å². The highest BCUT2D eigenvalue weighted by molar-refractivity contribution is 6.06. The lowest BCUT2D eigenvalue weighted by molar-refractivity contribution is -0.116. The van der Waals surface area contributed by atoms with E-state index in [1.54, 1.807) is 0 Å². The molecule has 3 aliphatic rings. The molecule has 2 aromatic carbocycles. The first-order valence-corrected chi connectivity index (χ1v) is 11.7. The summed E-state index contributed by atoms with van der Waals surface area (Å²) in [5, 5.41) is 8.49. The zero-order chi connectivity index (χ0) is 22.4. The van der Waals surface area contributed by atoms with E-state index in [0.29, 0.717) is 12.8 Å². The number of hydrogen-bond acceptors (Lipinski definition) is 4. The third-order valence-corrected chi connectivity index (χ3v) is 6.91. The molecule has 0 saturated carbocycles. The van der Waals surface area contributed by atoms with Crippen LogP contribution in [0.1, 0.15) is 50.0 Å². The van der Waals surface area contributed by atoms with Crippen LogP contribution in [0.4, 0.5) is 0 Å². The third-order valence-electron chi connectivity index (χ3n) is 6.91. The van der Waals surface area contributed by atoms with Crippen LogP contribution in [0.25, 0.3) is 16.9 Å². The van der Waals surface area contributed by atoms with Crippen molar-refractivity contribution in [2.24, 2.45) is 0 Å². The van der Waals surface area contributed by atoms with Crippen molar-refractivity contribution in [3.05, 3.63) is 95.0 Å². The number of hydrogen-bond donors (Lipinski definition) is 1. The van der Waals surface area contributed by atoms with E-state index in [1.165, 1.54) is 0 Å². The van der Waals surface area contributed by atoms with E-state index in [9.17, 15) is 9.59 Å². The lowest BCUT2D eigenvalue weighted by Gasteiger charge is -2.37. The molecule has 6 rings (SSSR count). The van der Waals surface area contributed by atoms with Crippen molar-refractivity contribution in [3.8, 4) is 16.9 Å². The number of allylic oxidation sites excluding steroid dienone is 4. The predicted molar refractivity (Wildman–Crippen MR) is 127 cm³/mol. The van der Waals surface area contributed by atoms with Crippen LogP contribution >= 0.6 is 0 Å². The number of benzene rings is 2. The highest BCUT2D eigenvalue weighted by Gasteiger charge is 2.42. The van der Waals surface area contributed by atoms with Gasteiger partial charge in [-0.05, 0) is 37.8 Å². The monoisotopic (exact) mass is 435 g/mol. The fourth-order valence-corrected chi connectivity index (χ4v) is 5.43. The number of dihydropyridines is 1. The van der Waals surface area contributed by atoms with Gasteiger partial charge in [-0.1, -0.05) is 48.5 Å². The van der Waals surface area contributed by atoms with Crippen LogP contribution in [0.15, 0.2) is 89.4 Å². The largest absolute Gasteiger partial charge is 0.362 e. The molecule has 1 aliphatic heterocycles. The molecule has 3 aromatic rings. The van der Waals surface area contributed by atoms with Gasteiger partial charge in [0.05, 0.1) is 11.4 Å². The minimum atomic E-state index is -0.371. The molecule has 0 amide bonds. The van der Waals surface area contributed by atoms with E-state index in [2.05, 4.69) is 5.32 Å². The second-order valence-corrected chi connectivity index (χ2v) is 8.98. The second-order valence-electron chi connectivity index (χ2n) is 8.98. The molecule has 0 spiro atoms. The van der Waals surface area contributed by atoms with Gasteiger partial charge in [0.15, 0.2) is 11.6 Å². The van der Waals surface area contributed by atoms with E-state index in [1.807, 2.05) is 71.5 Å². The van der Waals surface area contributed by atoms with Crippen LogP contribution in [0.3, 0.4) is 0 Å². The summed E-state index contributed by atoms with van der Waals surface area (Å²) in [7, 11) is 0. The zero-order valence-corrected chi connectivity index (χ0v) is 18.4. The van der Waals surface area contributed by atoms with E-state index in [4.69, 9.17) is 5.10 Å². The summed E-state index contributed by atoms with van der Waals surface area (Å²) < 4.78 is 1.88. The van der Waals surface area contributed by atoms with E-state index in [0.717, 1.165) is 70.7 Å². The Morgan fingerprint density at radius 3 is 1.94 bits per heavy atom. The molecule has 1 N–H and O–H groups in total. The number of nitrogens with zero attached hydrogens (tertiary/aromatic N) is 2. The van der Waals surface area contributed by atoms with Gasteiger partial charge in [0, 0.05) is 58.6 Å². The van der Waals surface area contributed by atoms with Gasteiger partial charge in [-0.15, -0.1) is 0 Å². The molecule has 0 radical (unpaired) electrons. The first-order chi connectivity index (χ1) is 16.2. The Hall–Kier alpha value is -3.73. The average Bonchev–Trinajstić information content (AvgIpc) is 3.30. The van der Waals surface area contributed by atoms with E-state index >= 15 is 0 Å². The van der Waals surface area contributed by atoms with E-state index in [-0.39, 0.29) is 17.5 Å². The Morgan fingerprint density at radius 2 is 1.33 bits per heavy atom. The molecular formula is C28H25N3O2. The number of aromatic nitrogens is 2. The number of carbonyl (C=O) groups excluding carboxylic acids is 2. The van der Waals surface area contributed by atoms with Crippen molar-refractivity contribution in [2.75, 3.05) is 0 Å². The molecule has 164 valence electrons. The summed E-state index contributed by atoms with van der Waals surface area (Å²) in [6.07, 6.45) is 6.47. The number of para-hydroxylation sites is 1. The van der Waals surface area contributed by atoms with Crippen LogP contribution in [0.2, 0.25) is 0 Å². The van der Waals surface area contributed by atoms with E-state index < -0.39 is 0 Å². The molecule has 5 nitrogen and oxygen atoms in total. The number of ketones is 2. The minimum absolute atomic E-state index is 0.144. The Balaban J connectivity index is 1.61. The maximum Gasteiger partial charge on any atom is 0.161 e. The van der Waals surface area contributed by atoms with Gasteiger partial charge >= 0.3 is 0 Å². The number of carbonyl (C=O) groups is 2. The summed E-state index contributed by atoms with van der Waals surface area (Å²) in [6.45, 7) is 0. The molecule has 33 heavy (non-hydrogen) atoms. The molecule has 5 heteroatoms. The highest BCUT2D eigenvalue weighted by Crippen LogP contribution is 2.47. The Bertz CT molecular complexity index is 1270. The second kappa shape index (κ2) is 8.00. The van der Waals surface area contributed by atoms with Crippen molar-refractivity contribution in [1.29, 1.82) is 0 Å². The number of nitrogens with one attached hydrogen (secondary N) is 1. The van der Waals surface area contributed by atoms with Gasteiger partial charge in [-0.3, -0.25) is 9.59 Å². The standard InChI is InChI=1S/C28H25N3O2/c32-23-15-7-13-21-26(23)25(27-22(29-21)14-8-16-24(27)33)20-17-31(19-11-5-2-6-12-19)30-28(20)18-9-3-1-4-10-18/h1-6,9-12,17,25,29H,7-8,13-16H2. The number of rotatable bonds is 3. The Kier molecular flexibility index (Phi) is 4.83. The minimum Gasteiger partial charge on any atom is -0.362 e. The lowest BCUT2D eigenvalue weighted by Crippen LogP contribution is -2.36. The smallest absolute Gasteiger partial charge is 0.161 e. The van der Waals surface area contributed by atoms with Crippen molar-refractivity contribution in [3.63, 3.8) is 0 Å². The number of Topliss-reactive ketones (excluding diaryl/α,β-unsaturated/α-hetero) is 2.